The molecule has 0 saturated carbocycles. The quantitative estimate of drug-likeness (QED) is 0.0626. The average Bonchev–Trinajstić information content (AvgIpc) is 1.71. The van der Waals surface area contributed by atoms with E-state index in [0.29, 0.717) is 31.3 Å². The summed E-state index contributed by atoms with van der Waals surface area (Å²) in [6.45, 7) is 18.7. The summed E-state index contributed by atoms with van der Waals surface area (Å²) in [5, 5.41) is 134. The Morgan fingerprint density at radius 1 is 0.723 bits per heavy atom. The predicted molar refractivity (Wildman–Crippen MR) is 364 cm³/mol. The molecule has 4 aliphatic heterocycles. The van der Waals surface area contributed by atoms with Gasteiger partial charge in [0.25, 0.3) is 15.9 Å². The molecule has 3 saturated heterocycles. The summed E-state index contributed by atoms with van der Waals surface area (Å²) < 4.78 is 77.6. The van der Waals surface area contributed by atoms with E-state index in [2.05, 4.69) is 0 Å². The van der Waals surface area contributed by atoms with Crippen LogP contribution in [0.1, 0.15) is 211 Å². The fourth-order valence-electron chi connectivity index (χ4n) is 15.1. The minimum atomic E-state index is -5.16. The molecule has 4 heterocycles. The molecule has 101 heavy (non-hydrogen) atoms. The van der Waals surface area contributed by atoms with Crippen LogP contribution in [0.15, 0.2) is 42.0 Å². The third-order valence-electron chi connectivity index (χ3n) is 21.9. The van der Waals surface area contributed by atoms with Gasteiger partial charge >= 0.3 is 11.9 Å². The van der Waals surface area contributed by atoms with Crippen LogP contribution < -0.4 is 0 Å². The number of ether oxygens (including phenoxy) is 7. The highest BCUT2D eigenvalue weighted by molar-refractivity contribution is 7.86. The number of methoxy groups -OCH3 is 1. The molecule has 1 aromatic rings. The van der Waals surface area contributed by atoms with Gasteiger partial charge in [0.15, 0.2) is 17.9 Å². The molecule has 13 N–H and O–H groups in total. The van der Waals surface area contributed by atoms with E-state index in [1.165, 1.54) is 44.4 Å². The molecular formula is C73H116O27S. The van der Waals surface area contributed by atoms with Crippen molar-refractivity contribution in [1.82, 2.24) is 0 Å². The van der Waals surface area contributed by atoms with Crippen LogP contribution >= 0.6 is 0 Å². The number of ketones is 3. The Morgan fingerprint density at radius 3 is 1.99 bits per heavy atom. The van der Waals surface area contributed by atoms with Crippen LogP contribution in [0.4, 0.5) is 0 Å². The number of carbonyl (C=O) groups is 5. The average molecular weight is 1460 g/mol. The first kappa shape index (κ1) is 85.8. The number of epoxide rings is 1. The number of allylic oxidation sites excluding steroid dienone is 2. The molecule has 0 aromatic heterocycles. The molecule has 1 unspecified atom stereocenters. The maximum absolute atomic E-state index is 14.0. The number of fused-ring (bicyclic) bond motifs is 4. The zero-order valence-corrected chi connectivity index (χ0v) is 61.3. The Hall–Kier alpha value is -4.12. The number of aliphatic hydroxyl groups excluding tert-OH is 11. The van der Waals surface area contributed by atoms with Gasteiger partial charge in [0.2, 0.25) is 5.78 Å². The largest absolute Gasteiger partial charge is 0.459 e. The van der Waals surface area contributed by atoms with Crippen molar-refractivity contribution < 1.29 is 131 Å². The summed E-state index contributed by atoms with van der Waals surface area (Å²) in [6, 6.07) is 4.39. The first-order valence-electron chi connectivity index (χ1n) is 36.2. The number of esters is 2. The van der Waals surface area contributed by atoms with Crippen molar-refractivity contribution in [2.75, 3.05) is 7.11 Å². The van der Waals surface area contributed by atoms with Gasteiger partial charge in [-0.3, -0.25) is 23.7 Å². The fraction of sp³-hybridized carbons (Fsp3) is 0.795. The summed E-state index contributed by atoms with van der Waals surface area (Å²) in [5.74, 6) is -12.9. The Labute approximate surface area is 593 Å². The fourth-order valence-corrected chi connectivity index (χ4v) is 16.1. The molecule has 28 heteroatoms. The monoisotopic (exact) mass is 1460 g/mol. The van der Waals surface area contributed by atoms with Gasteiger partial charge in [-0.1, -0.05) is 93.7 Å². The van der Waals surface area contributed by atoms with Gasteiger partial charge in [0.05, 0.1) is 85.3 Å². The number of aliphatic hydroxyl groups is 12. The van der Waals surface area contributed by atoms with E-state index in [-0.39, 0.29) is 86.2 Å². The van der Waals surface area contributed by atoms with E-state index >= 15 is 0 Å². The molecule has 0 amide bonds. The van der Waals surface area contributed by atoms with E-state index < -0.39 is 228 Å². The summed E-state index contributed by atoms with van der Waals surface area (Å²) >= 11 is 0. The molecule has 576 valence electrons. The Morgan fingerprint density at radius 2 is 1.36 bits per heavy atom. The number of hydrogen-bond acceptors (Lipinski definition) is 26. The molecule has 1 aromatic carbocycles. The smallest absolute Gasteiger partial charge is 0.330 e. The minimum Gasteiger partial charge on any atom is -0.459 e. The van der Waals surface area contributed by atoms with Gasteiger partial charge in [0, 0.05) is 65.9 Å². The van der Waals surface area contributed by atoms with Crippen molar-refractivity contribution in [2.45, 2.75) is 312 Å². The van der Waals surface area contributed by atoms with Gasteiger partial charge in [-0.25, -0.2) is 4.79 Å². The maximum atomic E-state index is 14.0. The van der Waals surface area contributed by atoms with Crippen molar-refractivity contribution in [2.24, 2.45) is 47.3 Å². The van der Waals surface area contributed by atoms with Crippen LogP contribution in [0.3, 0.4) is 0 Å². The highest BCUT2D eigenvalue weighted by Gasteiger charge is 2.59. The number of hydrogen-bond donors (Lipinski definition) is 13. The summed E-state index contributed by atoms with van der Waals surface area (Å²) in [7, 11) is -3.72. The maximum Gasteiger partial charge on any atom is 0.330 e. The highest BCUT2D eigenvalue weighted by Crippen LogP contribution is 2.42. The van der Waals surface area contributed by atoms with Crippen LogP contribution in [-0.2, 0) is 57.7 Å². The minimum absolute atomic E-state index is 0.0128. The van der Waals surface area contributed by atoms with Gasteiger partial charge in [0.1, 0.15) is 41.9 Å². The first-order chi connectivity index (χ1) is 47.3. The topological polar surface area (TPSA) is 450 Å². The molecule has 6 rings (SSSR count). The van der Waals surface area contributed by atoms with Crippen LogP contribution in [0.5, 0.6) is 0 Å². The molecule has 5 aliphatic rings. The Kier molecular flexibility index (Phi) is 32.2. The summed E-state index contributed by atoms with van der Waals surface area (Å²) in [6.07, 6.45) is -19.2. The number of Topliss-reactive ketones (excluding diaryl/α,β-unsaturated/α-hetero) is 2. The van der Waals surface area contributed by atoms with Crippen LogP contribution in [0, 0.1) is 47.3 Å². The summed E-state index contributed by atoms with van der Waals surface area (Å²) in [4.78, 5) is 67.4. The third kappa shape index (κ3) is 22.5. The van der Waals surface area contributed by atoms with Crippen molar-refractivity contribution >= 4 is 39.4 Å². The normalized spacial score (nSPS) is 38.0. The lowest BCUT2D eigenvalue weighted by Gasteiger charge is -2.44. The van der Waals surface area contributed by atoms with Crippen LogP contribution in [0.2, 0.25) is 0 Å². The van der Waals surface area contributed by atoms with Gasteiger partial charge < -0.3 is 94.4 Å². The molecule has 3 fully saturated rings. The third-order valence-corrected chi connectivity index (χ3v) is 23.1. The second-order valence-corrected chi connectivity index (χ2v) is 31.5. The number of rotatable bonds is 16. The molecule has 30 atom stereocenters. The van der Waals surface area contributed by atoms with Crippen LogP contribution in [-0.4, -0.2) is 238 Å². The number of cyclic esters (lactones) is 1. The Bertz CT molecular complexity index is 3050. The lowest BCUT2D eigenvalue weighted by Crippen LogP contribution is -2.66. The summed E-state index contributed by atoms with van der Waals surface area (Å²) in [5.41, 5.74) is 0.867. The van der Waals surface area contributed by atoms with E-state index in [0.717, 1.165) is 6.08 Å². The van der Waals surface area contributed by atoms with E-state index in [1.54, 1.807) is 55.4 Å². The SMILES string of the molecule is CC[C@H](O[C@H]1C[C@@H](OC(=O)[C@H](CC)[C@H](O)c2ccc3c(c2)C(=O)C=C(C)C3=O)[C@H](OC)[C@@H](C)O1)[C@H](C)[C@H](O)[C@@H](C)[C@H](O)[C@H](C)[C@H]1OC(=O)C=C[C@H](C)[C@H](O)C[C@H](O)CCC[C@@H](C)CC[C@@H](C)[C@H](O)C(=O)[C@]2(O)O[C@H](C[C@H](O)C[C@@H](O)C[C@@H](O)CCCC(O)[C@@H]3O[C@H]3[C@@H]1C)C[C@H](S(=O)(=O)O)[C@H]2O. The Balaban J connectivity index is 1.13. The molecule has 2 bridgehead atoms. The molecule has 1 aliphatic carbocycles. The van der Waals surface area contributed by atoms with Crippen LogP contribution in [0.25, 0.3) is 0 Å². The molecule has 0 radical (unpaired) electrons. The lowest BCUT2D eigenvalue weighted by molar-refractivity contribution is -0.287. The van der Waals surface area contributed by atoms with Crippen molar-refractivity contribution in [3.63, 3.8) is 0 Å². The second kappa shape index (κ2) is 37.9. The van der Waals surface area contributed by atoms with E-state index in [9.17, 15) is 98.2 Å². The van der Waals surface area contributed by atoms with Crippen molar-refractivity contribution in [3.05, 3.63) is 58.7 Å². The first-order valence-corrected chi connectivity index (χ1v) is 37.7. The standard InChI is InChI=1S/C73H116O27S/c1-13-50(65(86)44-24-25-51-52(28-44)55(80)27-38(6)61(51)82)72(89)97-57-34-60(95-43(11)68(57)94-12)96-56(14-2)39(7)63(84)40(8)64(85)41(9)66-42(10)67-69(99-67)53(78)20-16-19-45(74)29-47(76)30-48(77)31-49-33-58(101(91,92)93)70(87)73(90,100-49)71(88)62(83)37(5)22-21-35(3)17-15-18-46(75)32-54(79)36(4)23-26-59(81)98-66/h23-28,35-37,39-43,45-50,53-54,56-58,60,62-70,74-79,83-87,90H,13-22,29-34H2,1-12H3,(H,91,92,93)/t35-,36+,37-,39+,40-,41+,42-,43-,45+,46-,47+,48-,49-,50-,53?,54-,56+,57-,58+,60+,62+,63+,64+,65-,66-,67+,68-,69+,70-,73-/m1/s1. The predicted octanol–water partition coefficient (Wildman–Crippen LogP) is 4.22. The molecule has 0 spiro atoms. The van der Waals surface area contributed by atoms with E-state index in [1.807, 2.05) is 13.8 Å². The zero-order valence-electron chi connectivity index (χ0n) is 60.5. The molecular weight excluding hydrogens is 1340 g/mol. The van der Waals surface area contributed by atoms with Gasteiger partial charge in [-0.05, 0) is 127 Å². The second-order valence-electron chi connectivity index (χ2n) is 29.8. The number of benzene rings is 1. The molecule has 27 nitrogen and oxygen atoms in total. The van der Waals surface area contributed by atoms with Crippen molar-refractivity contribution in [3.8, 4) is 0 Å². The van der Waals surface area contributed by atoms with Gasteiger partial charge in [-0.15, -0.1) is 0 Å². The van der Waals surface area contributed by atoms with Crippen molar-refractivity contribution in [1.29, 1.82) is 0 Å². The zero-order chi connectivity index (χ0) is 75.4. The van der Waals surface area contributed by atoms with Gasteiger partial charge in [-0.2, -0.15) is 8.42 Å². The highest BCUT2D eigenvalue weighted by atomic mass is 32.2. The lowest BCUT2D eigenvalue weighted by atomic mass is 9.77. The number of carbonyl (C=O) groups excluding carboxylic acids is 5. The van der Waals surface area contributed by atoms with E-state index in [4.69, 9.17) is 33.2 Å².